The van der Waals surface area contributed by atoms with Crippen molar-refractivity contribution in [2.24, 2.45) is 5.92 Å². The van der Waals surface area contributed by atoms with Gasteiger partial charge in [0.1, 0.15) is 0 Å². The van der Waals surface area contributed by atoms with E-state index >= 15 is 0 Å². The second kappa shape index (κ2) is 9.01. The Bertz CT molecular complexity index is 1020. The third-order valence-electron chi connectivity index (χ3n) is 6.42. The number of piperazine rings is 1. The van der Waals surface area contributed by atoms with Gasteiger partial charge in [0.25, 0.3) is 0 Å². The number of piperidine rings is 1. The van der Waals surface area contributed by atoms with Gasteiger partial charge in [0.2, 0.25) is 15.9 Å². The topological polar surface area (TPSA) is 60.9 Å². The summed E-state index contributed by atoms with van der Waals surface area (Å²) < 4.78 is 27.3. The van der Waals surface area contributed by atoms with Crippen molar-refractivity contribution in [3.8, 4) is 0 Å². The number of hydrogen-bond donors (Lipinski definition) is 0. The molecule has 6 nitrogen and oxygen atoms in total. The summed E-state index contributed by atoms with van der Waals surface area (Å²) in [4.78, 5) is 17.7. The summed E-state index contributed by atoms with van der Waals surface area (Å²) in [5.74, 6) is 0.0891. The number of carbonyl (C=O) groups excluding carboxylic acids is 1. The van der Waals surface area contributed by atoms with E-state index in [1.54, 1.807) is 12.1 Å². The second-order valence-electron chi connectivity index (χ2n) is 8.64. The molecule has 2 saturated heterocycles. The number of amides is 1. The SMILES string of the molecule is Cc1ccc(S(=O)(=O)N2CCC(C(=O)N3CCN(c4cccc(C)c4)CC3)CC2)cc1. The van der Waals surface area contributed by atoms with E-state index in [4.69, 9.17) is 0 Å². The molecule has 4 rings (SSSR count). The Balaban J connectivity index is 1.31. The zero-order valence-corrected chi connectivity index (χ0v) is 19.1. The lowest BCUT2D eigenvalue weighted by Gasteiger charge is -2.39. The summed E-state index contributed by atoms with van der Waals surface area (Å²) in [6, 6.07) is 15.4. The lowest BCUT2D eigenvalue weighted by molar-refractivity contribution is -0.137. The lowest BCUT2D eigenvalue weighted by Crippen LogP contribution is -2.52. The molecule has 2 aliphatic rings. The molecule has 0 saturated carbocycles. The van der Waals surface area contributed by atoms with Gasteiger partial charge in [-0.2, -0.15) is 4.31 Å². The minimum Gasteiger partial charge on any atom is -0.368 e. The molecule has 2 aromatic carbocycles. The summed E-state index contributed by atoms with van der Waals surface area (Å²) in [5, 5.41) is 0. The van der Waals surface area contributed by atoms with Crippen molar-refractivity contribution in [2.45, 2.75) is 31.6 Å². The summed E-state index contributed by atoms with van der Waals surface area (Å²) in [6.45, 7) is 7.92. The van der Waals surface area contributed by atoms with Crippen molar-refractivity contribution in [3.05, 3.63) is 59.7 Å². The Hall–Kier alpha value is -2.38. The number of rotatable bonds is 4. The minimum atomic E-state index is -3.49. The van der Waals surface area contributed by atoms with Gasteiger partial charge < -0.3 is 9.80 Å². The highest BCUT2D eigenvalue weighted by molar-refractivity contribution is 7.89. The third-order valence-corrected chi connectivity index (χ3v) is 8.33. The predicted octanol–water partition coefficient (Wildman–Crippen LogP) is 3.05. The first-order valence-corrected chi connectivity index (χ1v) is 12.5. The number of nitrogens with zero attached hydrogens (tertiary/aromatic N) is 3. The summed E-state index contributed by atoms with van der Waals surface area (Å²) in [6.07, 6.45) is 1.17. The van der Waals surface area contributed by atoms with Crippen molar-refractivity contribution in [1.29, 1.82) is 0 Å². The predicted molar refractivity (Wildman–Crippen MR) is 123 cm³/mol. The average molecular weight is 442 g/mol. The molecular weight excluding hydrogens is 410 g/mol. The molecule has 0 aromatic heterocycles. The van der Waals surface area contributed by atoms with Gasteiger partial charge in [-0.25, -0.2) is 8.42 Å². The Morgan fingerprint density at radius 3 is 2.10 bits per heavy atom. The van der Waals surface area contributed by atoms with Crippen LogP contribution in [0.4, 0.5) is 5.69 Å². The zero-order chi connectivity index (χ0) is 22.0. The minimum absolute atomic E-state index is 0.0880. The van der Waals surface area contributed by atoms with Crippen molar-refractivity contribution in [3.63, 3.8) is 0 Å². The van der Waals surface area contributed by atoms with E-state index < -0.39 is 10.0 Å². The van der Waals surface area contributed by atoms with Crippen LogP contribution in [-0.2, 0) is 14.8 Å². The molecular formula is C24H31N3O3S. The van der Waals surface area contributed by atoms with E-state index in [2.05, 4.69) is 36.1 Å². The number of aryl methyl sites for hydroxylation is 2. The Morgan fingerprint density at radius 2 is 1.48 bits per heavy atom. The highest BCUT2D eigenvalue weighted by Gasteiger charge is 2.34. The maximum absolute atomic E-state index is 13.1. The van der Waals surface area contributed by atoms with Crippen LogP contribution in [-0.4, -0.2) is 62.8 Å². The number of carbonyl (C=O) groups is 1. The molecule has 0 unspecified atom stereocenters. The van der Waals surface area contributed by atoms with Crippen LogP contribution in [0.25, 0.3) is 0 Å². The lowest BCUT2D eigenvalue weighted by atomic mass is 9.96. The summed E-state index contributed by atoms with van der Waals surface area (Å²) in [5.41, 5.74) is 3.48. The fourth-order valence-corrected chi connectivity index (χ4v) is 5.94. The van der Waals surface area contributed by atoms with Gasteiger partial charge >= 0.3 is 0 Å². The number of anilines is 1. The van der Waals surface area contributed by atoms with Crippen LogP contribution in [0, 0.1) is 19.8 Å². The van der Waals surface area contributed by atoms with Crippen molar-refractivity contribution >= 4 is 21.6 Å². The maximum Gasteiger partial charge on any atom is 0.243 e. The molecule has 0 spiro atoms. The zero-order valence-electron chi connectivity index (χ0n) is 18.3. The van der Waals surface area contributed by atoms with Gasteiger partial charge in [-0.05, 0) is 56.5 Å². The fraction of sp³-hybridized carbons (Fsp3) is 0.458. The molecule has 2 fully saturated rings. The van der Waals surface area contributed by atoms with Crippen LogP contribution in [0.3, 0.4) is 0 Å². The van der Waals surface area contributed by atoms with Crippen LogP contribution in [0.5, 0.6) is 0 Å². The van der Waals surface area contributed by atoms with Crippen LogP contribution in [0.15, 0.2) is 53.4 Å². The van der Waals surface area contributed by atoms with E-state index in [0.717, 1.165) is 18.7 Å². The maximum atomic E-state index is 13.1. The number of benzene rings is 2. The molecule has 2 aliphatic heterocycles. The van der Waals surface area contributed by atoms with E-state index in [1.165, 1.54) is 15.6 Å². The van der Waals surface area contributed by atoms with Crippen molar-refractivity contribution in [2.75, 3.05) is 44.2 Å². The van der Waals surface area contributed by atoms with Gasteiger partial charge in [0.15, 0.2) is 0 Å². The molecule has 0 bridgehead atoms. The quantitative estimate of drug-likeness (QED) is 0.732. The third kappa shape index (κ3) is 4.77. The van der Waals surface area contributed by atoms with E-state index in [0.29, 0.717) is 43.9 Å². The molecule has 166 valence electrons. The van der Waals surface area contributed by atoms with E-state index in [9.17, 15) is 13.2 Å². The monoisotopic (exact) mass is 441 g/mol. The fourth-order valence-electron chi connectivity index (χ4n) is 4.47. The van der Waals surface area contributed by atoms with Crippen LogP contribution in [0.2, 0.25) is 0 Å². The molecule has 2 aromatic rings. The van der Waals surface area contributed by atoms with Crippen LogP contribution < -0.4 is 4.90 Å². The molecule has 0 aliphatic carbocycles. The largest absolute Gasteiger partial charge is 0.368 e. The van der Waals surface area contributed by atoms with Crippen molar-refractivity contribution in [1.82, 2.24) is 9.21 Å². The molecule has 0 radical (unpaired) electrons. The number of sulfonamides is 1. The summed E-state index contributed by atoms with van der Waals surface area (Å²) >= 11 is 0. The van der Waals surface area contributed by atoms with Gasteiger partial charge in [-0.15, -0.1) is 0 Å². The molecule has 2 heterocycles. The molecule has 0 N–H and O–H groups in total. The Morgan fingerprint density at radius 1 is 0.839 bits per heavy atom. The van der Waals surface area contributed by atoms with Gasteiger partial charge in [-0.3, -0.25) is 4.79 Å². The van der Waals surface area contributed by atoms with E-state index in [-0.39, 0.29) is 11.8 Å². The summed E-state index contributed by atoms with van der Waals surface area (Å²) in [7, 11) is -3.49. The van der Waals surface area contributed by atoms with Gasteiger partial charge in [0.05, 0.1) is 4.90 Å². The molecule has 0 atom stereocenters. The second-order valence-corrected chi connectivity index (χ2v) is 10.6. The standard InChI is InChI=1S/C24H31N3O3S/c1-19-6-8-23(9-7-19)31(29,30)27-12-10-21(11-13-27)24(28)26-16-14-25(15-17-26)22-5-3-4-20(2)18-22/h3-9,18,21H,10-17H2,1-2H3. The number of hydrogen-bond acceptors (Lipinski definition) is 4. The van der Waals surface area contributed by atoms with Gasteiger partial charge in [0, 0.05) is 50.9 Å². The smallest absolute Gasteiger partial charge is 0.243 e. The van der Waals surface area contributed by atoms with Crippen LogP contribution >= 0.6 is 0 Å². The first kappa shape index (κ1) is 21.8. The first-order valence-electron chi connectivity index (χ1n) is 11.0. The highest BCUT2D eigenvalue weighted by Crippen LogP contribution is 2.26. The molecule has 1 amide bonds. The van der Waals surface area contributed by atoms with Gasteiger partial charge in [-0.1, -0.05) is 29.8 Å². The first-order chi connectivity index (χ1) is 14.8. The Kier molecular flexibility index (Phi) is 6.34. The van der Waals surface area contributed by atoms with E-state index in [1.807, 2.05) is 24.0 Å². The highest BCUT2D eigenvalue weighted by atomic mass is 32.2. The Labute approximate surface area is 185 Å². The average Bonchev–Trinajstić information content (AvgIpc) is 2.79. The van der Waals surface area contributed by atoms with Crippen molar-refractivity contribution < 1.29 is 13.2 Å². The molecule has 31 heavy (non-hydrogen) atoms. The molecule has 7 heteroatoms. The van der Waals surface area contributed by atoms with Crippen LogP contribution in [0.1, 0.15) is 24.0 Å². The normalized spacial score (nSPS) is 18.9.